The Hall–Kier alpha value is -6.98. The lowest BCUT2D eigenvalue weighted by Gasteiger charge is -2.44. The standard InChI is InChI=1S/C51H33BN2O2/c1-51(2)37-17-6-3-14-31(37)35-29-36-33-16-5-12-25-45(33)56-50(36)49(47(35)51)54-41-21-10-8-19-39(41)52-38-18-7-9-20-40(38)53(42-22-13-23-43(54)48(42)52)30-26-27-46-34(28-30)32-15-4-11-24-44(32)55-46/h3-29H,1-2H3. The van der Waals surface area contributed by atoms with E-state index in [1.165, 1.54) is 61.4 Å². The summed E-state index contributed by atoms with van der Waals surface area (Å²) >= 11 is 0. The van der Waals surface area contributed by atoms with Gasteiger partial charge in [0, 0.05) is 55.4 Å². The van der Waals surface area contributed by atoms with Crippen molar-refractivity contribution in [2.75, 3.05) is 9.80 Å². The Balaban J connectivity index is 1.14. The van der Waals surface area contributed by atoms with Gasteiger partial charge in [-0.25, -0.2) is 0 Å². The molecule has 56 heavy (non-hydrogen) atoms. The first-order chi connectivity index (χ1) is 27.6. The van der Waals surface area contributed by atoms with Crippen LogP contribution in [0.25, 0.3) is 55.0 Å². The molecule has 0 N–H and O–H groups in total. The zero-order valence-electron chi connectivity index (χ0n) is 30.9. The van der Waals surface area contributed by atoms with Crippen molar-refractivity contribution < 1.29 is 8.83 Å². The van der Waals surface area contributed by atoms with Crippen molar-refractivity contribution in [2.45, 2.75) is 19.3 Å². The van der Waals surface area contributed by atoms with Crippen LogP contribution in [0.3, 0.4) is 0 Å². The molecule has 0 bridgehead atoms. The smallest absolute Gasteiger partial charge is 0.252 e. The fourth-order valence-electron chi connectivity index (χ4n) is 10.5. The first-order valence-corrected chi connectivity index (χ1v) is 19.5. The van der Waals surface area contributed by atoms with Crippen LogP contribution in [0.4, 0.5) is 34.1 Å². The summed E-state index contributed by atoms with van der Waals surface area (Å²) < 4.78 is 13.3. The van der Waals surface area contributed by atoms with Crippen LogP contribution in [0, 0.1) is 0 Å². The molecule has 0 radical (unpaired) electrons. The second-order valence-electron chi connectivity index (χ2n) is 16.0. The molecule has 0 spiro atoms. The second kappa shape index (κ2) is 10.6. The van der Waals surface area contributed by atoms with Crippen LogP contribution in [0.5, 0.6) is 0 Å². The molecule has 3 aliphatic rings. The summed E-state index contributed by atoms with van der Waals surface area (Å²) in [6.07, 6.45) is 0. The number of hydrogen-bond donors (Lipinski definition) is 0. The Kier molecular flexibility index (Phi) is 5.76. The van der Waals surface area contributed by atoms with Gasteiger partial charge < -0.3 is 18.6 Å². The normalized spacial score (nSPS) is 14.6. The Morgan fingerprint density at radius 1 is 0.464 bits per heavy atom. The number of anilines is 6. The molecular weight excluding hydrogens is 683 g/mol. The molecule has 262 valence electrons. The highest BCUT2D eigenvalue weighted by atomic mass is 16.3. The fraction of sp³-hybridized carbons (Fsp3) is 0.0588. The van der Waals surface area contributed by atoms with Crippen molar-refractivity contribution in [1.29, 1.82) is 0 Å². The number of benzene rings is 8. The van der Waals surface area contributed by atoms with Gasteiger partial charge >= 0.3 is 0 Å². The quantitative estimate of drug-likeness (QED) is 0.167. The molecule has 0 saturated carbocycles. The van der Waals surface area contributed by atoms with Crippen LogP contribution in [0.1, 0.15) is 25.0 Å². The number of rotatable bonds is 2. The largest absolute Gasteiger partial charge is 0.456 e. The Bertz CT molecular complexity index is 3330. The molecule has 5 heteroatoms. The van der Waals surface area contributed by atoms with Gasteiger partial charge in [-0.15, -0.1) is 0 Å². The van der Waals surface area contributed by atoms with E-state index in [0.717, 1.165) is 55.3 Å². The zero-order valence-corrected chi connectivity index (χ0v) is 30.9. The van der Waals surface area contributed by atoms with Gasteiger partial charge in [-0.1, -0.05) is 117 Å². The highest BCUT2D eigenvalue weighted by Crippen LogP contribution is 2.58. The number of hydrogen-bond acceptors (Lipinski definition) is 4. The van der Waals surface area contributed by atoms with Gasteiger partial charge in [-0.3, -0.25) is 0 Å². The molecule has 4 nitrogen and oxygen atoms in total. The topological polar surface area (TPSA) is 32.8 Å². The van der Waals surface area contributed by atoms with E-state index in [0.29, 0.717) is 0 Å². The third-order valence-corrected chi connectivity index (χ3v) is 12.8. The highest BCUT2D eigenvalue weighted by molar-refractivity contribution is 7.00. The SMILES string of the molecule is CC1(C)c2ccccc2-c2cc3c(oc4ccccc43)c(N3c4ccccc4B4c5ccccc5N(c5ccc6oc7ccccc7c6c5)c5cccc3c54)c21. The van der Waals surface area contributed by atoms with Gasteiger partial charge in [0.15, 0.2) is 5.58 Å². The van der Waals surface area contributed by atoms with Gasteiger partial charge in [0.1, 0.15) is 16.7 Å². The summed E-state index contributed by atoms with van der Waals surface area (Å²) in [5.74, 6) is 0. The van der Waals surface area contributed by atoms with E-state index < -0.39 is 0 Å². The summed E-state index contributed by atoms with van der Waals surface area (Å²) in [4.78, 5) is 5.00. The van der Waals surface area contributed by atoms with E-state index in [1.54, 1.807) is 0 Å². The van der Waals surface area contributed by atoms with Crippen LogP contribution in [-0.4, -0.2) is 6.71 Å². The first kappa shape index (κ1) is 30.4. The lowest BCUT2D eigenvalue weighted by atomic mass is 9.33. The van der Waals surface area contributed by atoms with Crippen molar-refractivity contribution in [3.8, 4) is 11.1 Å². The molecule has 0 unspecified atom stereocenters. The van der Waals surface area contributed by atoms with Crippen LogP contribution in [-0.2, 0) is 5.41 Å². The third kappa shape index (κ3) is 3.75. The van der Waals surface area contributed by atoms with Crippen LogP contribution >= 0.6 is 0 Å². The summed E-state index contributed by atoms with van der Waals surface area (Å²) in [5.41, 5.74) is 19.3. The zero-order chi connectivity index (χ0) is 36.9. The van der Waals surface area contributed by atoms with Gasteiger partial charge in [0.25, 0.3) is 6.71 Å². The molecule has 0 amide bonds. The van der Waals surface area contributed by atoms with Gasteiger partial charge in [0.05, 0.1) is 5.69 Å². The van der Waals surface area contributed by atoms with Gasteiger partial charge in [0.2, 0.25) is 0 Å². The summed E-state index contributed by atoms with van der Waals surface area (Å²) in [6, 6.07) is 59.6. The van der Waals surface area contributed by atoms with E-state index in [9.17, 15) is 0 Å². The second-order valence-corrected chi connectivity index (χ2v) is 16.0. The van der Waals surface area contributed by atoms with E-state index >= 15 is 0 Å². The van der Waals surface area contributed by atoms with Crippen molar-refractivity contribution in [3.05, 3.63) is 175 Å². The predicted octanol–water partition coefficient (Wildman–Crippen LogP) is 11.9. The highest BCUT2D eigenvalue weighted by Gasteiger charge is 2.46. The van der Waals surface area contributed by atoms with Crippen LogP contribution < -0.4 is 26.2 Å². The molecular formula is C51H33BN2O2. The molecule has 0 fully saturated rings. The Labute approximate surface area is 323 Å². The van der Waals surface area contributed by atoms with Crippen molar-refractivity contribution in [2.24, 2.45) is 0 Å². The average molecular weight is 717 g/mol. The molecule has 8 aromatic carbocycles. The van der Waals surface area contributed by atoms with Crippen LogP contribution in [0.2, 0.25) is 0 Å². The van der Waals surface area contributed by atoms with Crippen LogP contribution in [0.15, 0.2) is 173 Å². The lowest BCUT2D eigenvalue weighted by Crippen LogP contribution is -2.61. The molecule has 4 heterocycles. The van der Waals surface area contributed by atoms with E-state index in [2.05, 4.69) is 181 Å². The number of furan rings is 2. The fourth-order valence-corrected chi connectivity index (χ4v) is 10.5. The minimum absolute atomic E-state index is 0.0349. The number of fused-ring (bicyclic) bond motifs is 13. The van der Waals surface area contributed by atoms with E-state index in [4.69, 9.17) is 8.83 Å². The molecule has 2 aromatic heterocycles. The molecule has 13 rings (SSSR count). The van der Waals surface area contributed by atoms with Crippen molar-refractivity contribution >= 4 is 101 Å². The first-order valence-electron chi connectivity index (χ1n) is 19.5. The van der Waals surface area contributed by atoms with Gasteiger partial charge in [-0.05, 0) is 99.3 Å². The minimum Gasteiger partial charge on any atom is -0.456 e. The Morgan fingerprint density at radius 2 is 1.05 bits per heavy atom. The maximum Gasteiger partial charge on any atom is 0.252 e. The molecule has 1 aliphatic carbocycles. The number of para-hydroxylation sites is 4. The summed E-state index contributed by atoms with van der Waals surface area (Å²) in [5, 5.41) is 4.51. The molecule has 0 saturated heterocycles. The third-order valence-electron chi connectivity index (χ3n) is 12.8. The molecule has 0 atom stereocenters. The minimum atomic E-state index is -0.281. The Morgan fingerprint density at radius 3 is 1.84 bits per heavy atom. The lowest BCUT2D eigenvalue weighted by molar-refractivity contribution is 0.648. The average Bonchev–Trinajstić information content (AvgIpc) is 3.88. The van der Waals surface area contributed by atoms with E-state index in [1.807, 2.05) is 6.07 Å². The summed E-state index contributed by atoms with van der Waals surface area (Å²) in [7, 11) is 0. The monoisotopic (exact) mass is 716 g/mol. The van der Waals surface area contributed by atoms with Gasteiger partial charge in [-0.2, -0.15) is 0 Å². The van der Waals surface area contributed by atoms with Crippen molar-refractivity contribution in [3.63, 3.8) is 0 Å². The predicted molar refractivity (Wildman–Crippen MR) is 233 cm³/mol. The molecule has 2 aliphatic heterocycles. The maximum absolute atomic E-state index is 7.04. The van der Waals surface area contributed by atoms with E-state index in [-0.39, 0.29) is 12.1 Å². The van der Waals surface area contributed by atoms with Crippen molar-refractivity contribution in [1.82, 2.24) is 0 Å². The summed E-state index contributed by atoms with van der Waals surface area (Å²) in [6.45, 7) is 4.79. The maximum atomic E-state index is 7.04. The molecule has 10 aromatic rings. The number of nitrogens with zero attached hydrogens (tertiary/aromatic N) is 2.